The van der Waals surface area contributed by atoms with E-state index in [0.29, 0.717) is 31.2 Å². The van der Waals surface area contributed by atoms with Crippen LogP contribution in [0.4, 0.5) is 0 Å². The summed E-state index contributed by atoms with van der Waals surface area (Å²) in [4.78, 5) is 22.9. The Morgan fingerprint density at radius 1 is 1.20 bits per heavy atom. The van der Waals surface area contributed by atoms with E-state index in [4.69, 9.17) is 14.5 Å². The number of amides is 1. The van der Waals surface area contributed by atoms with Gasteiger partial charge in [0.2, 0.25) is 11.7 Å². The van der Waals surface area contributed by atoms with E-state index >= 15 is 0 Å². The Balaban J connectivity index is 1.33. The van der Waals surface area contributed by atoms with Crippen LogP contribution in [0.2, 0.25) is 0 Å². The highest BCUT2D eigenvalue weighted by Gasteiger charge is 2.34. The van der Waals surface area contributed by atoms with Crippen LogP contribution < -0.4 is 14.8 Å². The first-order valence-electron chi connectivity index (χ1n) is 11.6. The maximum atomic E-state index is 11.7. The van der Waals surface area contributed by atoms with Crippen molar-refractivity contribution < 1.29 is 14.3 Å². The number of ether oxygens (including phenoxy) is 2. The van der Waals surface area contributed by atoms with Crippen LogP contribution in [0.3, 0.4) is 0 Å². The van der Waals surface area contributed by atoms with Crippen molar-refractivity contribution in [2.75, 3.05) is 26.8 Å². The summed E-state index contributed by atoms with van der Waals surface area (Å²) in [6.45, 7) is 5.48. The number of imidazole rings is 1. The molecule has 4 aromatic rings. The second kappa shape index (κ2) is 8.56. The fourth-order valence-electron chi connectivity index (χ4n) is 4.77. The van der Waals surface area contributed by atoms with Gasteiger partial charge in [-0.15, -0.1) is 0 Å². The smallest absolute Gasteiger partial charge is 0.246 e. The topological polar surface area (TPSA) is 81.0 Å². The molecule has 0 radical (unpaired) electrons. The Morgan fingerprint density at radius 2 is 2.03 bits per heavy atom. The monoisotopic (exact) mass is 467 g/mol. The van der Waals surface area contributed by atoms with Gasteiger partial charge in [0.1, 0.15) is 12.4 Å². The number of nitrogens with one attached hydrogen (secondary N) is 1. The Labute approximate surface area is 202 Å². The first-order valence-corrected chi connectivity index (χ1v) is 11.6. The quantitative estimate of drug-likeness (QED) is 0.437. The van der Waals surface area contributed by atoms with Gasteiger partial charge in [-0.2, -0.15) is 0 Å². The summed E-state index contributed by atoms with van der Waals surface area (Å²) < 4.78 is 13.4. The summed E-state index contributed by atoms with van der Waals surface area (Å²) in [7, 11) is 1.63. The SMILES string of the molecule is C=CC(=O)N1CC(N[C@H]2COc3cc(-c4nc5ncc(OC)cn5c4-c4ccccc4)ccc32)C1. The summed E-state index contributed by atoms with van der Waals surface area (Å²) in [6, 6.07) is 16.7. The second-order valence-corrected chi connectivity index (χ2v) is 8.77. The number of rotatable bonds is 6. The molecule has 4 heterocycles. The number of methoxy groups -OCH3 is 1. The second-order valence-electron chi connectivity index (χ2n) is 8.77. The van der Waals surface area contributed by atoms with Gasteiger partial charge in [0.15, 0.2) is 5.75 Å². The number of hydrogen-bond acceptors (Lipinski definition) is 6. The third-order valence-electron chi connectivity index (χ3n) is 6.61. The zero-order valence-electron chi connectivity index (χ0n) is 19.3. The Kier molecular flexibility index (Phi) is 5.22. The first-order chi connectivity index (χ1) is 17.1. The van der Waals surface area contributed by atoms with Crippen molar-refractivity contribution in [3.05, 3.63) is 79.1 Å². The molecule has 2 aromatic carbocycles. The first kappa shape index (κ1) is 21.4. The number of aromatic nitrogens is 3. The van der Waals surface area contributed by atoms with E-state index in [-0.39, 0.29) is 18.0 Å². The third-order valence-corrected chi connectivity index (χ3v) is 6.61. The van der Waals surface area contributed by atoms with Crippen molar-refractivity contribution >= 4 is 11.7 Å². The summed E-state index contributed by atoms with van der Waals surface area (Å²) in [5, 5.41) is 3.61. The molecule has 1 N–H and O–H groups in total. The minimum Gasteiger partial charge on any atom is -0.494 e. The molecule has 35 heavy (non-hydrogen) atoms. The van der Waals surface area contributed by atoms with Crippen LogP contribution in [0.1, 0.15) is 11.6 Å². The number of fused-ring (bicyclic) bond motifs is 2. The normalized spacial score (nSPS) is 17.1. The molecule has 1 atom stereocenters. The van der Waals surface area contributed by atoms with Crippen LogP contribution in [-0.2, 0) is 4.79 Å². The number of hydrogen-bond donors (Lipinski definition) is 1. The highest BCUT2D eigenvalue weighted by molar-refractivity contribution is 5.87. The molecular formula is C27H25N5O3. The van der Waals surface area contributed by atoms with Crippen molar-refractivity contribution in [3.63, 3.8) is 0 Å². The Hall–Kier alpha value is -4.17. The summed E-state index contributed by atoms with van der Waals surface area (Å²) in [5.74, 6) is 2.09. The zero-order chi connectivity index (χ0) is 23.9. The molecule has 6 rings (SSSR count). The van der Waals surface area contributed by atoms with Gasteiger partial charge in [-0.1, -0.05) is 49.0 Å². The summed E-state index contributed by atoms with van der Waals surface area (Å²) in [5.41, 5.74) is 4.89. The molecule has 0 bridgehead atoms. The third kappa shape index (κ3) is 3.72. The fourth-order valence-corrected chi connectivity index (χ4v) is 4.77. The van der Waals surface area contributed by atoms with Gasteiger partial charge in [-0.05, 0) is 12.1 Å². The van der Waals surface area contributed by atoms with E-state index in [1.54, 1.807) is 18.2 Å². The Bertz CT molecular complexity index is 1430. The molecule has 2 aromatic heterocycles. The minimum absolute atomic E-state index is 0.0236. The van der Waals surface area contributed by atoms with E-state index in [0.717, 1.165) is 33.8 Å². The average Bonchev–Trinajstić information content (AvgIpc) is 3.46. The van der Waals surface area contributed by atoms with Crippen molar-refractivity contribution in [1.29, 1.82) is 0 Å². The molecule has 2 aliphatic rings. The van der Waals surface area contributed by atoms with Gasteiger partial charge in [0.05, 0.1) is 36.9 Å². The van der Waals surface area contributed by atoms with Crippen molar-refractivity contribution in [1.82, 2.24) is 24.6 Å². The van der Waals surface area contributed by atoms with Crippen LogP contribution in [0.25, 0.3) is 28.3 Å². The van der Waals surface area contributed by atoms with Crippen LogP contribution in [0, 0.1) is 0 Å². The fraction of sp³-hybridized carbons (Fsp3) is 0.222. The maximum Gasteiger partial charge on any atom is 0.246 e. The number of carbonyl (C=O) groups excluding carboxylic acids is 1. The number of benzene rings is 2. The predicted molar refractivity (Wildman–Crippen MR) is 132 cm³/mol. The summed E-state index contributed by atoms with van der Waals surface area (Å²) >= 11 is 0. The highest BCUT2D eigenvalue weighted by Crippen LogP contribution is 2.39. The molecular weight excluding hydrogens is 442 g/mol. The zero-order valence-corrected chi connectivity index (χ0v) is 19.3. The molecule has 8 heteroatoms. The lowest BCUT2D eigenvalue weighted by Crippen LogP contribution is -2.60. The van der Waals surface area contributed by atoms with Gasteiger partial charge in [-0.25, -0.2) is 9.97 Å². The molecule has 0 spiro atoms. The van der Waals surface area contributed by atoms with Crippen molar-refractivity contribution in [3.8, 4) is 34.0 Å². The van der Waals surface area contributed by atoms with Crippen LogP contribution in [-0.4, -0.2) is 58.0 Å². The Morgan fingerprint density at radius 3 is 2.80 bits per heavy atom. The van der Waals surface area contributed by atoms with E-state index in [2.05, 4.69) is 47.2 Å². The molecule has 2 aliphatic heterocycles. The van der Waals surface area contributed by atoms with Gasteiger partial charge in [0.25, 0.3) is 0 Å². The molecule has 0 aliphatic carbocycles. The van der Waals surface area contributed by atoms with E-state index < -0.39 is 0 Å². The average molecular weight is 468 g/mol. The molecule has 1 saturated heterocycles. The minimum atomic E-state index is -0.0236. The lowest BCUT2D eigenvalue weighted by molar-refractivity contribution is -0.130. The van der Waals surface area contributed by atoms with Gasteiger partial charge >= 0.3 is 0 Å². The predicted octanol–water partition coefficient (Wildman–Crippen LogP) is 3.49. The molecule has 1 fully saturated rings. The van der Waals surface area contributed by atoms with E-state index in [1.165, 1.54) is 6.08 Å². The van der Waals surface area contributed by atoms with E-state index in [1.807, 2.05) is 28.8 Å². The largest absolute Gasteiger partial charge is 0.494 e. The lowest BCUT2D eigenvalue weighted by Gasteiger charge is -2.40. The number of carbonyl (C=O) groups is 1. The standard InChI is InChI=1S/C27H25N5O3/c1-3-24(33)31-13-19(14-31)29-22-16-35-23-11-18(9-10-21(22)23)25-26(17-7-5-4-6-8-17)32-15-20(34-2)12-28-27(32)30-25/h3-12,15,19,22,29H,1,13-14,16H2,2H3/t22-/m0/s1. The molecule has 1 amide bonds. The van der Waals surface area contributed by atoms with Gasteiger partial charge < -0.3 is 19.7 Å². The van der Waals surface area contributed by atoms with Crippen LogP contribution in [0.5, 0.6) is 11.5 Å². The molecule has 0 saturated carbocycles. The number of nitrogens with zero attached hydrogens (tertiary/aromatic N) is 4. The number of likely N-dealkylation sites (tertiary alicyclic amines) is 1. The van der Waals surface area contributed by atoms with Gasteiger partial charge in [0, 0.05) is 35.8 Å². The highest BCUT2D eigenvalue weighted by atomic mass is 16.5. The molecule has 176 valence electrons. The van der Waals surface area contributed by atoms with Crippen LogP contribution in [0.15, 0.2) is 73.6 Å². The molecule has 8 nitrogen and oxygen atoms in total. The van der Waals surface area contributed by atoms with E-state index in [9.17, 15) is 4.79 Å². The van der Waals surface area contributed by atoms with Crippen molar-refractivity contribution in [2.45, 2.75) is 12.1 Å². The lowest BCUT2D eigenvalue weighted by atomic mass is 10.00. The maximum absolute atomic E-state index is 11.7. The van der Waals surface area contributed by atoms with Gasteiger partial charge in [-0.3, -0.25) is 9.20 Å². The molecule has 0 unspecified atom stereocenters. The summed E-state index contributed by atoms with van der Waals surface area (Å²) in [6.07, 6.45) is 4.94. The van der Waals surface area contributed by atoms with Crippen LogP contribution >= 0.6 is 0 Å². The van der Waals surface area contributed by atoms with Crippen molar-refractivity contribution in [2.24, 2.45) is 0 Å².